The second kappa shape index (κ2) is 4.70. The molecule has 1 aromatic carbocycles. The molecule has 1 N–H and O–H groups in total. The highest BCUT2D eigenvalue weighted by Crippen LogP contribution is 2.18. The van der Waals surface area contributed by atoms with E-state index >= 15 is 0 Å². The van der Waals surface area contributed by atoms with Crippen LogP contribution in [0.15, 0.2) is 35.5 Å². The van der Waals surface area contributed by atoms with Crippen molar-refractivity contribution in [3.8, 4) is 6.07 Å². The lowest BCUT2D eigenvalue weighted by Gasteiger charge is -2.06. The quantitative estimate of drug-likeness (QED) is 0.916. The van der Waals surface area contributed by atoms with Gasteiger partial charge >= 0.3 is 0 Å². The van der Waals surface area contributed by atoms with Crippen molar-refractivity contribution in [3.05, 3.63) is 42.0 Å². The number of rotatable bonds is 3. The fourth-order valence-corrected chi connectivity index (χ4v) is 2.50. The number of aryl methyl sites for hydroxylation is 1. The summed E-state index contributed by atoms with van der Waals surface area (Å²) < 4.78 is 40.9. The summed E-state index contributed by atoms with van der Waals surface area (Å²) in [4.78, 5) is -0.186. The number of benzene rings is 1. The van der Waals surface area contributed by atoms with Gasteiger partial charge in [0.25, 0.3) is 10.0 Å². The Labute approximate surface area is 109 Å². The molecule has 1 aromatic heterocycles. The van der Waals surface area contributed by atoms with E-state index in [1.807, 2.05) is 0 Å². The molecule has 8 heteroatoms. The molecular formula is C11H9FN4O2S. The summed E-state index contributed by atoms with van der Waals surface area (Å²) in [6.45, 7) is 0. The third kappa shape index (κ3) is 2.71. The Morgan fingerprint density at radius 3 is 2.79 bits per heavy atom. The summed E-state index contributed by atoms with van der Waals surface area (Å²) in [5.74, 6) is -0.761. The molecule has 0 saturated heterocycles. The summed E-state index contributed by atoms with van der Waals surface area (Å²) >= 11 is 0. The van der Waals surface area contributed by atoms with Crippen LogP contribution in [0.2, 0.25) is 0 Å². The van der Waals surface area contributed by atoms with Gasteiger partial charge in [0.15, 0.2) is 0 Å². The van der Waals surface area contributed by atoms with Gasteiger partial charge in [-0.15, -0.1) is 0 Å². The van der Waals surface area contributed by atoms with E-state index in [9.17, 15) is 12.8 Å². The molecule has 2 aromatic rings. The standard InChI is InChI=1S/C11H9FN4O2S/c1-16-7-9(6-14-16)15-19(17,18)10-2-3-11(12)8(4-10)5-13/h2-4,6-7,15H,1H3. The van der Waals surface area contributed by atoms with E-state index in [0.29, 0.717) is 0 Å². The van der Waals surface area contributed by atoms with Gasteiger partial charge in [-0.05, 0) is 18.2 Å². The third-order valence-electron chi connectivity index (χ3n) is 2.33. The lowest BCUT2D eigenvalue weighted by Crippen LogP contribution is -2.13. The van der Waals surface area contributed by atoms with Gasteiger partial charge in [0, 0.05) is 13.2 Å². The first kappa shape index (κ1) is 13.0. The van der Waals surface area contributed by atoms with Gasteiger partial charge < -0.3 is 0 Å². The maximum absolute atomic E-state index is 13.1. The van der Waals surface area contributed by atoms with Gasteiger partial charge in [0.2, 0.25) is 0 Å². The van der Waals surface area contributed by atoms with Crippen LogP contribution in [0.1, 0.15) is 5.56 Å². The van der Waals surface area contributed by atoms with Gasteiger partial charge in [-0.3, -0.25) is 9.40 Å². The van der Waals surface area contributed by atoms with E-state index in [2.05, 4.69) is 9.82 Å². The zero-order chi connectivity index (χ0) is 14.0. The Bertz CT molecular complexity index is 761. The number of nitriles is 1. The van der Waals surface area contributed by atoms with Crippen LogP contribution in [0.3, 0.4) is 0 Å². The number of hydrogen-bond acceptors (Lipinski definition) is 4. The molecule has 0 spiro atoms. The first-order chi connectivity index (χ1) is 8.92. The second-order valence-corrected chi connectivity index (χ2v) is 5.44. The van der Waals surface area contributed by atoms with Crippen molar-refractivity contribution in [3.63, 3.8) is 0 Å². The largest absolute Gasteiger partial charge is 0.276 e. The number of aromatic nitrogens is 2. The number of nitrogens with one attached hydrogen (secondary N) is 1. The van der Waals surface area contributed by atoms with Crippen LogP contribution in [-0.2, 0) is 17.1 Å². The zero-order valence-corrected chi connectivity index (χ0v) is 10.6. The molecule has 0 bridgehead atoms. The number of hydrogen-bond donors (Lipinski definition) is 1. The molecule has 0 atom stereocenters. The fourth-order valence-electron chi connectivity index (χ4n) is 1.45. The highest BCUT2D eigenvalue weighted by atomic mass is 32.2. The zero-order valence-electron chi connectivity index (χ0n) is 9.83. The molecule has 0 fully saturated rings. The molecule has 6 nitrogen and oxygen atoms in total. The lowest BCUT2D eigenvalue weighted by atomic mass is 10.2. The molecular weight excluding hydrogens is 271 g/mol. The van der Waals surface area contributed by atoms with Crippen molar-refractivity contribution in [1.82, 2.24) is 9.78 Å². The summed E-state index contributed by atoms with van der Waals surface area (Å²) in [7, 11) is -2.23. The van der Waals surface area contributed by atoms with E-state index in [1.54, 1.807) is 13.1 Å². The predicted octanol–water partition coefficient (Wildman–Crippen LogP) is 1.23. The average molecular weight is 280 g/mol. The second-order valence-electron chi connectivity index (χ2n) is 3.76. The lowest BCUT2D eigenvalue weighted by molar-refractivity contribution is 0.599. The van der Waals surface area contributed by atoms with E-state index in [0.717, 1.165) is 18.2 Å². The predicted molar refractivity (Wildman–Crippen MR) is 65.1 cm³/mol. The Morgan fingerprint density at radius 2 is 2.21 bits per heavy atom. The minimum Gasteiger partial charge on any atom is -0.276 e. The minimum absolute atomic E-state index is 0.186. The Morgan fingerprint density at radius 1 is 1.47 bits per heavy atom. The summed E-state index contributed by atoms with van der Waals surface area (Å²) in [6, 6.07) is 4.61. The molecule has 0 amide bonds. The monoisotopic (exact) mass is 280 g/mol. The maximum Gasteiger partial charge on any atom is 0.262 e. The molecule has 0 radical (unpaired) electrons. The van der Waals surface area contributed by atoms with Crippen LogP contribution in [-0.4, -0.2) is 18.2 Å². The Hall–Kier alpha value is -2.40. The number of anilines is 1. The van der Waals surface area contributed by atoms with E-state index in [-0.39, 0.29) is 16.1 Å². The van der Waals surface area contributed by atoms with Crippen LogP contribution < -0.4 is 4.72 Å². The van der Waals surface area contributed by atoms with Crippen molar-refractivity contribution in [2.75, 3.05) is 4.72 Å². The smallest absolute Gasteiger partial charge is 0.262 e. The molecule has 2 rings (SSSR count). The first-order valence-electron chi connectivity index (χ1n) is 5.13. The van der Waals surface area contributed by atoms with Gasteiger partial charge in [-0.25, -0.2) is 12.8 Å². The molecule has 0 unspecified atom stereocenters. The van der Waals surface area contributed by atoms with Gasteiger partial charge in [0.05, 0.1) is 22.3 Å². The summed E-state index contributed by atoms with van der Waals surface area (Å²) in [5, 5.41) is 12.5. The number of nitrogens with zero attached hydrogens (tertiary/aromatic N) is 3. The van der Waals surface area contributed by atoms with Crippen LogP contribution in [0.5, 0.6) is 0 Å². The summed E-state index contributed by atoms with van der Waals surface area (Å²) in [5.41, 5.74) is -0.0422. The Balaban J connectivity index is 2.37. The third-order valence-corrected chi connectivity index (χ3v) is 3.70. The van der Waals surface area contributed by atoms with E-state index in [4.69, 9.17) is 5.26 Å². The van der Waals surface area contributed by atoms with Crippen molar-refractivity contribution in [2.45, 2.75) is 4.90 Å². The fraction of sp³-hybridized carbons (Fsp3) is 0.0909. The first-order valence-corrected chi connectivity index (χ1v) is 6.62. The van der Waals surface area contributed by atoms with Crippen LogP contribution >= 0.6 is 0 Å². The highest BCUT2D eigenvalue weighted by Gasteiger charge is 2.17. The molecule has 98 valence electrons. The molecule has 0 aliphatic rings. The minimum atomic E-state index is -3.87. The molecule has 1 heterocycles. The van der Waals surface area contributed by atoms with Crippen molar-refractivity contribution >= 4 is 15.7 Å². The van der Waals surface area contributed by atoms with Crippen molar-refractivity contribution < 1.29 is 12.8 Å². The normalized spacial score (nSPS) is 11.0. The van der Waals surface area contributed by atoms with Gasteiger partial charge in [-0.2, -0.15) is 10.4 Å². The average Bonchev–Trinajstić information content (AvgIpc) is 2.74. The van der Waals surface area contributed by atoms with E-state index < -0.39 is 15.8 Å². The van der Waals surface area contributed by atoms with Gasteiger partial charge in [0.1, 0.15) is 11.9 Å². The molecule has 0 aliphatic carbocycles. The van der Waals surface area contributed by atoms with Crippen molar-refractivity contribution in [1.29, 1.82) is 5.26 Å². The summed E-state index contributed by atoms with van der Waals surface area (Å²) in [6.07, 6.45) is 2.82. The Kier molecular flexibility index (Phi) is 3.23. The van der Waals surface area contributed by atoms with Crippen LogP contribution in [0.25, 0.3) is 0 Å². The molecule has 0 saturated carbocycles. The number of halogens is 1. The van der Waals surface area contributed by atoms with Crippen molar-refractivity contribution in [2.24, 2.45) is 7.05 Å². The number of sulfonamides is 1. The van der Waals surface area contributed by atoms with Gasteiger partial charge in [-0.1, -0.05) is 0 Å². The molecule has 0 aliphatic heterocycles. The molecule has 19 heavy (non-hydrogen) atoms. The topological polar surface area (TPSA) is 87.8 Å². The van der Waals surface area contributed by atoms with Crippen LogP contribution in [0.4, 0.5) is 10.1 Å². The SMILES string of the molecule is Cn1cc(NS(=O)(=O)c2ccc(F)c(C#N)c2)cn1. The van der Waals surface area contributed by atoms with E-state index in [1.165, 1.54) is 17.1 Å². The maximum atomic E-state index is 13.1. The van der Waals surface area contributed by atoms with Crippen LogP contribution in [0, 0.1) is 17.1 Å². The highest BCUT2D eigenvalue weighted by molar-refractivity contribution is 7.92.